The molecule has 4 aliphatic rings. The van der Waals surface area contributed by atoms with Gasteiger partial charge in [-0.2, -0.15) is 21.1 Å². The standard InChI is InChI=1S/C43H67N13O18P2S/c44-38-33-39(50-22-49-38)56(23-51-33)41-37(63)35(61)26(73-41)20-71-76(68,69)74-75(66,67)70-19-25-34(60)36(62)40(72-25)55-18-13-28(53-43(55)65)45-16-17-48-31(59)11-4-2-8-14-46-29(57)10-3-1-7-15-47-30(58)12-6-5-9-27-32-24(21-77-27)52-42(64)54-32/h13,18,22-27,32,34-37,40-41,60-63H,1-12,14-17,19-21H2,(H,46,57)(H,47,58)(H,48,59)(H,66,67)(H,68,69)(H2,44,49,50)(H,45,53,65)(H2,52,54,64)/t24-,25+,26+,27-,32-,34+,35+,36+,37+,40+,41+/m0/s1. The highest BCUT2D eigenvalue weighted by atomic mass is 32.2. The molecular formula is C43H67N13O18P2S. The molecular weight excluding hydrogens is 1080 g/mol. The first-order valence-electron chi connectivity index (χ1n) is 25.2. The van der Waals surface area contributed by atoms with Gasteiger partial charge >= 0.3 is 27.4 Å². The molecule has 0 aliphatic carbocycles. The van der Waals surface area contributed by atoms with Crippen LogP contribution in [0.5, 0.6) is 0 Å². The fraction of sp³-hybridized carbons (Fsp3) is 0.698. The number of carbonyl (C=O) groups excluding carboxylic acids is 4. The van der Waals surface area contributed by atoms with Crippen LogP contribution in [0, 0.1) is 0 Å². The molecule has 7 heterocycles. The number of urea groups is 1. The number of anilines is 2. The van der Waals surface area contributed by atoms with Crippen molar-refractivity contribution in [2.45, 2.75) is 143 Å². The highest BCUT2D eigenvalue weighted by Crippen LogP contribution is 2.61. The number of nitrogens with zero attached hydrogens (tertiary/aromatic N) is 6. The molecule has 428 valence electrons. The van der Waals surface area contributed by atoms with Crippen LogP contribution in [0.1, 0.15) is 89.5 Å². The van der Waals surface area contributed by atoms with Crippen LogP contribution in [0.2, 0.25) is 0 Å². The minimum atomic E-state index is -5.48. The van der Waals surface area contributed by atoms with Crippen LogP contribution in [0.3, 0.4) is 0 Å². The van der Waals surface area contributed by atoms with Gasteiger partial charge in [0, 0.05) is 62.6 Å². The van der Waals surface area contributed by atoms with Crippen molar-refractivity contribution in [1.29, 1.82) is 0 Å². The first-order valence-corrected chi connectivity index (χ1v) is 29.3. The molecule has 77 heavy (non-hydrogen) atoms. The maximum absolute atomic E-state index is 12.9. The monoisotopic (exact) mass is 1150 g/mol. The largest absolute Gasteiger partial charge is 0.481 e. The Kier molecular flexibility index (Phi) is 21.6. The number of nitrogens with one attached hydrogen (secondary N) is 6. The summed E-state index contributed by atoms with van der Waals surface area (Å²) in [5, 5.41) is 60.2. The number of nitrogens with two attached hydrogens (primary N) is 1. The lowest BCUT2D eigenvalue weighted by atomic mass is 10.0. The third-order valence-electron chi connectivity index (χ3n) is 13.1. The number of phosphoric ester groups is 2. The van der Waals surface area contributed by atoms with E-state index in [-0.39, 0.29) is 78.1 Å². The van der Waals surface area contributed by atoms with Crippen LogP contribution < -0.4 is 43.3 Å². The van der Waals surface area contributed by atoms with Crippen molar-refractivity contribution in [2.24, 2.45) is 0 Å². The molecule has 3 aromatic rings. The van der Waals surface area contributed by atoms with Gasteiger partial charge in [-0.3, -0.25) is 32.6 Å². The average Bonchev–Trinajstić information content (AvgIpc) is 4.29. The topological polar surface area (TPSA) is 447 Å². The lowest BCUT2D eigenvalue weighted by Gasteiger charge is -2.20. The molecule has 5 amide bonds. The van der Waals surface area contributed by atoms with Gasteiger partial charge in [0.05, 0.1) is 31.6 Å². The van der Waals surface area contributed by atoms with E-state index in [9.17, 15) is 63.3 Å². The van der Waals surface area contributed by atoms with Crippen molar-refractivity contribution in [3.8, 4) is 0 Å². The third-order valence-corrected chi connectivity index (χ3v) is 17.2. The molecule has 31 nitrogen and oxygen atoms in total. The number of ether oxygens (including phenoxy) is 2. The molecule has 34 heteroatoms. The zero-order valence-corrected chi connectivity index (χ0v) is 44.3. The van der Waals surface area contributed by atoms with Gasteiger partial charge < -0.3 is 77.3 Å². The Hall–Kier alpha value is -4.92. The number of carbonyl (C=O) groups is 4. The van der Waals surface area contributed by atoms with Crippen molar-refractivity contribution >= 4 is 74.0 Å². The first-order chi connectivity index (χ1) is 36.8. The molecule has 0 aromatic carbocycles. The number of phosphoric acid groups is 2. The number of nitrogen functional groups attached to an aromatic ring is 1. The Morgan fingerprint density at radius 2 is 1.31 bits per heavy atom. The van der Waals surface area contributed by atoms with E-state index in [0.29, 0.717) is 50.4 Å². The highest BCUT2D eigenvalue weighted by molar-refractivity contribution is 8.00. The summed E-state index contributed by atoms with van der Waals surface area (Å²) in [5.41, 5.74) is 5.18. The van der Waals surface area contributed by atoms with Crippen molar-refractivity contribution in [2.75, 3.05) is 56.2 Å². The van der Waals surface area contributed by atoms with E-state index in [2.05, 4.69) is 56.1 Å². The van der Waals surface area contributed by atoms with E-state index >= 15 is 0 Å². The van der Waals surface area contributed by atoms with E-state index < -0.39 is 83.6 Å². The number of aliphatic hydroxyl groups is 4. The molecule has 3 aromatic heterocycles. The number of unbranched alkanes of at least 4 members (excludes halogenated alkanes) is 5. The normalized spacial score (nSPS) is 27.4. The Balaban J connectivity index is 0.693. The van der Waals surface area contributed by atoms with Gasteiger partial charge in [-0.1, -0.05) is 19.3 Å². The summed E-state index contributed by atoms with van der Waals surface area (Å²) < 4.78 is 52.4. The van der Waals surface area contributed by atoms with E-state index in [4.69, 9.17) is 24.3 Å². The van der Waals surface area contributed by atoms with Gasteiger partial charge in [-0.25, -0.2) is 33.7 Å². The van der Waals surface area contributed by atoms with Gasteiger partial charge in [0.25, 0.3) is 0 Å². The van der Waals surface area contributed by atoms with E-state index in [0.717, 1.165) is 55.2 Å². The van der Waals surface area contributed by atoms with Crippen LogP contribution in [-0.4, -0.2) is 182 Å². The average molecular weight is 1150 g/mol. The predicted molar refractivity (Wildman–Crippen MR) is 271 cm³/mol. The number of amides is 5. The number of rotatable bonds is 31. The quantitative estimate of drug-likeness (QED) is 0.0204. The van der Waals surface area contributed by atoms with Crippen LogP contribution in [0.4, 0.5) is 16.4 Å². The summed E-state index contributed by atoms with van der Waals surface area (Å²) in [7, 11) is -10.9. The minimum absolute atomic E-state index is 0.0304. The van der Waals surface area contributed by atoms with E-state index in [1.807, 2.05) is 11.8 Å². The molecule has 2 unspecified atom stereocenters. The number of aromatic nitrogens is 6. The predicted octanol–water partition coefficient (Wildman–Crippen LogP) is -1.24. The summed E-state index contributed by atoms with van der Waals surface area (Å²) in [6.07, 6.45) is -1.05. The Morgan fingerprint density at radius 3 is 1.91 bits per heavy atom. The molecule has 13 atom stereocenters. The summed E-state index contributed by atoms with van der Waals surface area (Å²) >= 11 is 1.87. The maximum atomic E-state index is 12.9. The molecule has 4 aliphatic heterocycles. The van der Waals surface area contributed by atoms with Crippen LogP contribution in [-0.2, 0) is 46.3 Å². The summed E-state index contributed by atoms with van der Waals surface area (Å²) in [6.45, 7) is -0.476. The molecule has 0 radical (unpaired) electrons. The first kappa shape index (κ1) is 59.7. The molecule has 7 rings (SSSR count). The number of thioether (sulfide) groups is 1. The van der Waals surface area contributed by atoms with E-state index in [1.54, 1.807) is 0 Å². The molecule has 4 fully saturated rings. The molecule has 4 saturated heterocycles. The highest BCUT2D eigenvalue weighted by Gasteiger charge is 2.48. The number of hydrogen-bond donors (Lipinski definition) is 13. The van der Waals surface area contributed by atoms with Crippen molar-refractivity contribution in [3.05, 3.63) is 35.4 Å². The van der Waals surface area contributed by atoms with Gasteiger partial charge in [0.15, 0.2) is 23.9 Å². The van der Waals surface area contributed by atoms with Crippen molar-refractivity contribution in [3.63, 3.8) is 0 Å². The lowest BCUT2D eigenvalue weighted by Crippen LogP contribution is -2.36. The summed E-state index contributed by atoms with van der Waals surface area (Å²) in [4.78, 5) is 97.4. The van der Waals surface area contributed by atoms with E-state index in [1.165, 1.54) is 23.2 Å². The number of fused-ring (bicyclic) bond motifs is 2. The molecule has 0 saturated carbocycles. The van der Waals surface area contributed by atoms with Crippen LogP contribution >= 0.6 is 27.4 Å². The van der Waals surface area contributed by atoms with Crippen molar-refractivity contribution in [1.82, 2.24) is 55.7 Å². The molecule has 0 spiro atoms. The van der Waals surface area contributed by atoms with Gasteiger partial charge in [-0.05, 0) is 44.6 Å². The second kappa shape index (κ2) is 27.8. The number of aliphatic hydroxyl groups excluding tert-OH is 4. The Bertz CT molecular complexity index is 2660. The second-order valence-corrected chi connectivity index (χ2v) is 23.1. The lowest BCUT2D eigenvalue weighted by molar-refractivity contribution is -0.122. The fourth-order valence-corrected chi connectivity index (χ4v) is 12.7. The molecule has 0 bridgehead atoms. The Labute approximate surface area is 444 Å². The fourth-order valence-electron chi connectivity index (χ4n) is 9.03. The third kappa shape index (κ3) is 16.8. The Morgan fingerprint density at radius 1 is 0.740 bits per heavy atom. The SMILES string of the molecule is Nc1ncnc2c1ncn2[C@@H]1O[C@H](COP(=O)(O)OP(=O)(O)OC[C@H]2O[C@@H](n3ccc(NCCNC(=O)CCCCCNC(=O)CCCCCNC(=O)CCCC[C@@H]4SC[C@@H]5NC(=O)N[C@@H]54)nc3=O)[C@H](O)[C@@H]2O)[C@@H](O)[C@H]1O. The maximum Gasteiger partial charge on any atom is 0.481 e. The van der Waals surface area contributed by atoms with Crippen LogP contribution in [0.15, 0.2) is 29.7 Å². The van der Waals surface area contributed by atoms with Gasteiger partial charge in [0.2, 0.25) is 17.7 Å². The van der Waals surface area contributed by atoms with Gasteiger partial charge in [0.1, 0.15) is 54.3 Å². The number of hydrogen-bond acceptors (Lipinski definition) is 23. The van der Waals surface area contributed by atoms with Crippen molar-refractivity contribution < 1.29 is 81.4 Å². The second-order valence-electron chi connectivity index (χ2n) is 18.8. The number of imidazole rings is 1. The smallest absolute Gasteiger partial charge is 0.387 e. The van der Waals surface area contributed by atoms with Crippen LogP contribution in [0.25, 0.3) is 11.2 Å². The minimum Gasteiger partial charge on any atom is -0.387 e. The zero-order valence-electron chi connectivity index (χ0n) is 41.7. The molecule has 14 N–H and O–H groups in total. The summed E-state index contributed by atoms with van der Waals surface area (Å²) in [6, 6.07) is 1.65. The summed E-state index contributed by atoms with van der Waals surface area (Å²) in [5.74, 6) is 0.871. The zero-order chi connectivity index (χ0) is 55.3. The van der Waals surface area contributed by atoms with Gasteiger partial charge in [-0.15, -0.1) is 0 Å².